The van der Waals surface area contributed by atoms with E-state index in [0.29, 0.717) is 23.5 Å². The summed E-state index contributed by atoms with van der Waals surface area (Å²) in [5, 5.41) is 2.97. The van der Waals surface area contributed by atoms with Gasteiger partial charge in [-0.1, -0.05) is 12.8 Å². The summed E-state index contributed by atoms with van der Waals surface area (Å²) in [4.78, 5) is 15.2. The Kier molecular flexibility index (Phi) is 8.96. The van der Waals surface area contributed by atoms with Crippen molar-refractivity contribution in [3.63, 3.8) is 0 Å². The first-order chi connectivity index (χ1) is 11.6. The van der Waals surface area contributed by atoms with Gasteiger partial charge in [0.25, 0.3) is 0 Å². The third-order valence-corrected chi connectivity index (χ3v) is 5.24. The lowest BCUT2D eigenvalue weighted by Crippen LogP contribution is -2.53. The Balaban J connectivity index is 0.00000169. The molecule has 2 fully saturated rings. The zero-order chi connectivity index (χ0) is 17.0. The van der Waals surface area contributed by atoms with Crippen LogP contribution in [0.5, 0.6) is 5.75 Å². The molecule has 1 aliphatic heterocycles. The van der Waals surface area contributed by atoms with Gasteiger partial charge in [0, 0.05) is 31.1 Å². The van der Waals surface area contributed by atoms with Crippen LogP contribution >= 0.6 is 24.8 Å². The van der Waals surface area contributed by atoms with Gasteiger partial charge in [-0.2, -0.15) is 0 Å². The highest BCUT2D eigenvalue weighted by molar-refractivity contribution is 5.94. The number of amides is 1. The first kappa shape index (κ1) is 22.8. The highest BCUT2D eigenvalue weighted by Gasteiger charge is 2.41. The molecule has 1 aromatic carbocycles. The Labute approximate surface area is 167 Å². The van der Waals surface area contributed by atoms with Crippen LogP contribution in [0, 0.1) is 0 Å². The maximum atomic E-state index is 12.7. The highest BCUT2D eigenvalue weighted by Crippen LogP contribution is 2.39. The SMILES string of the molecule is COc1ccc(N)c(NC(=O)CC2(N3CCOCC3)CCCC2)c1.Cl.Cl. The van der Waals surface area contributed by atoms with Gasteiger partial charge in [-0.15, -0.1) is 24.8 Å². The lowest BCUT2D eigenvalue weighted by molar-refractivity contribution is -0.120. The lowest BCUT2D eigenvalue weighted by Gasteiger charge is -2.43. The molecule has 3 N–H and O–H groups in total. The molecule has 26 heavy (non-hydrogen) atoms. The van der Waals surface area contributed by atoms with Gasteiger partial charge in [0.2, 0.25) is 5.91 Å². The number of anilines is 2. The molecule has 0 radical (unpaired) electrons. The van der Waals surface area contributed by atoms with Crippen LogP contribution in [0.25, 0.3) is 0 Å². The van der Waals surface area contributed by atoms with E-state index in [2.05, 4.69) is 10.2 Å². The van der Waals surface area contributed by atoms with E-state index in [9.17, 15) is 4.79 Å². The number of rotatable bonds is 5. The number of nitrogens with one attached hydrogen (secondary N) is 1. The number of nitrogens with zero attached hydrogens (tertiary/aromatic N) is 1. The van der Waals surface area contributed by atoms with Crippen LogP contribution in [0.4, 0.5) is 11.4 Å². The van der Waals surface area contributed by atoms with Crippen LogP contribution in [0.2, 0.25) is 0 Å². The van der Waals surface area contributed by atoms with E-state index in [1.165, 1.54) is 12.8 Å². The normalized spacial score (nSPS) is 19.1. The summed E-state index contributed by atoms with van der Waals surface area (Å²) < 4.78 is 10.7. The highest BCUT2D eigenvalue weighted by atomic mass is 35.5. The largest absolute Gasteiger partial charge is 0.497 e. The second-order valence-electron chi connectivity index (χ2n) is 6.71. The van der Waals surface area contributed by atoms with Crippen LogP contribution in [0.3, 0.4) is 0 Å². The Morgan fingerprint density at radius 3 is 2.54 bits per heavy atom. The smallest absolute Gasteiger partial charge is 0.226 e. The number of methoxy groups -OCH3 is 1. The topological polar surface area (TPSA) is 76.8 Å². The summed E-state index contributed by atoms with van der Waals surface area (Å²) in [6.45, 7) is 3.33. The number of morpholine rings is 1. The van der Waals surface area contributed by atoms with Gasteiger partial charge in [-0.25, -0.2) is 0 Å². The number of carbonyl (C=O) groups excluding carboxylic acids is 1. The molecule has 0 atom stereocenters. The van der Waals surface area contributed by atoms with Crippen molar-refractivity contribution in [1.29, 1.82) is 0 Å². The molecule has 1 aliphatic carbocycles. The van der Waals surface area contributed by atoms with Crippen molar-refractivity contribution in [2.75, 3.05) is 44.5 Å². The third-order valence-electron chi connectivity index (χ3n) is 5.24. The zero-order valence-corrected chi connectivity index (χ0v) is 16.8. The number of halogens is 2. The molecule has 3 rings (SSSR count). The quantitative estimate of drug-likeness (QED) is 0.735. The molecule has 1 aromatic rings. The number of benzene rings is 1. The number of nitrogen functional groups attached to an aromatic ring is 1. The van der Waals surface area contributed by atoms with Gasteiger partial charge in [0.05, 0.1) is 31.7 Å². The molecule has 8 heteroatoms. The minimum atomic E-state index is -0.0263. The summed E-state index contributed by atoms with van der Waals surface area (Å²) >= 11 is 0. The van der Waals surface area contributed by atoms with Crippen LogP contribution in [0.1, 0.15) is 32.1 Å². The first-order valence-electron chi connectivity index (χ1n) is 8.69. The fourth-order valence-corrected chi connectivity index (χ4v) is 3.94. The predicted molar refractivity (Wildman–Crippen MR) is 109 cm³/mol. The van der Waals surface area contributed by atoms with E-state index in [0.717, 1.165) is 39.1 Å². The van der Waals surface area contributed by atoms with Crippen LogP contribution in [-0.2, 0) is 9.53 Å². The summed E-state index contributed by atoms with van der Waals surface area (Å²) in [5.74, 6) is 0.701. The molecule has 1 saturated carbocycles. The van der Waals surface area contributed by atoms with Gasteiger partial charge in [0.1, 0.15) is 5.75 Å². The van der Waals surface area contributed by atoms with Crippen molar-refractivity contribution in [3.05, 3.63) is 18.2 Å². The monoisotopic (exact) mass is 405 g/mol. The van der Waals surface area contributed by atoms with Crippen molar-refractivity contribution >= 4 is 42.1 Å². The predicted octanol–water partition coefficient (Wildman–Crippen LogP) is 3.09. The molecule has 1 amide bonds. The molecule has 0 unspecified atom stereocenters. The first-order valence-corrected chi connectivity index (χ1v) is 8.69. The second kappa shape index (κ2) is 10.2. The molecule has 2 aliphatic rings. The number of hydrogen-bond acceptors (Lipinski definition) is 5. The average molecular weight is 406 g/mol. The maximum Gasteiger partial charge on any atom is 0.226 e. The summed E-state index contributed by atoms with van der Waals surface area (Å²) in [6.07, 6.45) is 5.03. The molecule has 1 heterocycles. The number of carbonyl (C=O) groups is 1. The van der Waals surface area contributed by atoms with E-state index in [1.807, 2.05) is 0 Å². The fourth-order valence-electron chi connectivity index (χ4n) is 3.94. The van der Waals surface area contributed by atoms with E-state index >= 15 is 0 Å². The van der Waals surface area contributed by atoms with E-state index < -0.39 is 0 Å². The molecule has 6 nitrogen and oxygen atoms in total. The average Bonchev–Trinajstić information content (AvgIpc) is 3.07. The zero-order valence-electron chi connectivity index (χ0n) is 15.2. The van der Waals surface area contributed by atoms with Crippen molar-refractivity contribution in [1.82, 2.24) is 4.90 Å². The summed E-state index contributed by atoms with van der Waals surface area (Å²) in [6, 6.07) is 5.31. The standard InChI is InChI=1S/C18H27N3O3.2ClH/c1-23-14-4-5-15(19)16(12-14)20-17(22)13-18(6-2-3-7-18)21-8-10-24-11-9-21;;/h4-5,12H,2-3,6-11,13,19H2,1H3,(H,20,22);2*1H. The second-order valence-corrected chi connectivity index (χ2v) is 6.71. The minimum Gasteiger partial charge on any atom is -0.497 e. The molecule has 0 spiro atoms. The molecular weight excluding hydrogens is 377 g/mol. The Morgan fingerprint density at radius 2 is 1.92 bits per heavy atom. The van der Waals surface area contributed by atoms with Gasteiger partial charge in [0.15, 0.2) is 0 Å². The molecular formula is C18H29Cl2N3O3. The van der Waals surface area contributed by atoms with Crippen LogP contribution in [-0.4, -0.2) is 49.8 Å². The lowest BCUT2D eigenvalue weighted by atomic mass is 9.90. The molecule has 0 bridgehead atoms. The van der Waals surface area contributed by atoms with Gasteiger partial charge in [-0.3, -0.25) is 9.69 Å². The number of ether oxygens (including phenoxy) is 2. The Bertz CT molecular complexity index is 589. The van der Waals surface area contributed by atoms with Gasteiger partial charge in [-0.05, 0) is 25.0 Å². The molecule has 1 saturated heterocycles. The van der Waals surface area contributed by atoms with Gasteiger partial charge < -0.3 is 20.5 Å². The molecule has 148 valence electrons. The number of hydrogen-bond donors (Lipinski definition) is 2. The third kappa shape index (κ3) is 5.16. The minimum absolute atomic E-state index is 0. The van der Waals surface area contributed by atoms with E-state index in [-0.39, 0.29) is 36.3 Å². The van der Waals surface area contributed by atoms with E-state index in [4.69, 9.17) is 15.2 Å². The van der Waals surface area contributed by atoms with Crippen LogP contribution in [0.15, 0.2) is 18.2 Å². The van der Waals surface area contributed by atoms with Crippen molar-refractivity contribution in [2.24, 2.45) is 0 Å². The fraction of sp³-hybridized carbons (Fsp3) is 0.611. The van der Waals surface area contributed by atoms with Crippen molar-refractivity contribution in [3.8, 4) is 5.75 Å². The number of nitrogens with two attached hydrogens (primary N) is 1. The van der Waals surface area contributed by atoms with E-state index in [1.54, 1.807) is 25.3 Å². The Morgan fingerprint density at radius 1 is 1.27 bits per heavy atom. The Hall–Kier alpha value is -1.21. The molecule has 0 aromatic heterocycles. The van der Waals surface area contributed by atoms with Crippen molar-refractivity contribution < 1.29 is 14.3 Å². The summed E-state index contributed by atoms with van der Waals surface area (Å²) in [7, 11) is 1.60. The summed E-state index contributed by atoms with van der Waals surface area (Å²) in [5.41, 5.74) is 7.12. The van der Waals surface area contributed by atoms with Gasteiger partial charge >= 0.3 is 0 Å². The maximum absolute atomic E-state index is 12.7. The van der Waals surface area contributed by atoms with Crippen molar-refractivity contribution in [2.45, 2.75) is 37.6 Å². The van der Waals surface area contributed by atoms with Crippen LogP contribution < -0.4 is 15.8 Å².